The van der Waals surface area contributed by atoms with Gasteiger partial charge in [0, 0.05) is 22.6 Å². The highest BCUT2D eigenvalue weighted by molar-refractivity contribution is 7.10. The summed E-state index contributed by atoms with van der Waals surface area (Å²) in [4.78, 5) is 49.3. The summed E-state index contributed by atoms with van der Waals surface area (Å²) in [5.41, 5.74) is 0. The Morgan fingerprint density at radius 3 is 1.79 bits per heavy atom. The van der Waals surface area contributed by atoms with Gasteiger partial charge in [-0.2, -0.15) is 0 Å². The quantitative estimate of drug-likeness (QED) is 0.106. The van der Waals surface area contributed by atoms with E-state index in [9.17, 15) is 34.3 Å². The monoisotopic (exact) mass is 580 g/mol. The standard InChI is InChI=1S/C24H34B2N2O9S2/c29-21(15-17-7-5-13-38-17)27-19(25(34)35)9-2-4-12-24(33)37-26(36)20(10-1-3-11-23(31)32)28-22(30)16-18-8-6-14-39-18/h5-8,13-14,19-20,34-36H,1-4,9-12,15-16H2,(H,27,29)(H,28,30)(H,31,32). The average Bonchev–Trinajstić information content (AvgIpc) is 3.57. The molecule has 39 heavy (non-hydrogen) atoms. The van der Waals surface area contributed by atoms with Crippen LogP contribution in [0.5, 0.6) is 0 Å². The van der Waals surface area contributed by atoms with E-state index in [0.29, 0.717) is 25.7 Å². The topological polar surface area (TPSA) is 182 Å². The van der Waals surface area contributed by atoms with E-state index in [2.05, 4.69) is 10.6 Å². The number of carboxylic acid groups (broad SMARTS) is 1. The second-order valence-corrected chi connectivity index (χ2v) is 11.1. The van der Waals surface area contributed by atoms with Crippen molar-refractivity contribution in [2.24, 2.45) is 0 Å². The number of carbonyl (C=O) groups excluding carboxylic acids is 3. The second-order valence-electron chi connectivity index (χ2n) is 9.04. The largest absolute Gasteiger partial charge is 0.548 e. The fourth-order valence-electron chi connectivity index (χ4n) is 3.79. The van der Waals surface area contributed by atoms with Gasteiger partial charge in [-0.15, -0.1) is 22.7 Å². The summed E-state index contributed by atoms with van der Waals surface area (Å²) in [6, 6.07) is 7.25. The Bertz CT molecular complexity index is 1020. The summed E-state index contributed by atoms with van der Waals surface area (Å²) >= 11 is 2.84. The summed E-state index contributed by atoms with van der Waals surface area (Å²) in [7, 11) is -3.37. The zero-order valence-electron chi connectivity index (χ0n) is 21.5. The highest BCUT2D eigenvalue weighted by atomic mass is 32.1. The van der Waals surface area contributed by atoms with Crippen LogP contribution < -0.4 is 10.6 Å². The summed E-state index contributed by atoms with van der Waals surface area (Å²) in [6.45, 7) is 0. The Labute approximate surface area is 235 Å². The lowest BCUT2D eigenvalue weighted by Gasteiger charge is -2.21. The van der Waals surface area contributed by atoms with Gasteiger partial charge in [0.25, 0.3) is 5.97 Å². The van der Waals surface area contributed by atoms with Crippen LogP contribution in [0.2, 0.25) is 0 Å². The molecular weight excluding hydrogens is 546 g/mol. The van der Waals surface area contributed by atoms with Gasteiger partial charge in [-0.05, 0) is 48.6 Å². The number of hydrogen-bond acceptors (Lipinski definition) is 10. The van der Waals surface area contributed by atoms with Crippen molar-refractivity contribution in [3.63, 3.8) is 0 Å². The summed E-state index contributed by atoms with van der Waals surface area (Å²) in [5.74, 6) is -4.14. The molecule has 2 atom stereocenters. The summed E-state index contributed by atoms with van der Waals surface area (Å²) in [5, 5.41) is 47.5. The molecule has 0 aliphatic heterocycles. The fourth-order valence-corrected chi connectivity index (χ4v) is 5.20. The van der Waals surface area contributed by atoms with Crippen LogP contribution in [0.4, 0.5) is 0 Å². The van der Waals surface area contributed by atoms with Crippen LogP contribution >= 0.6 is 22.7 Å². The van der Waals surface area contributed by atoms with Crippen molar-refractivity contribution in [3.05, 3.63) is 44.8 Å². The molecule has 2 heterocycles. The number of thiophene rings is 2. The predicted octanol–water partition coefficient (Wildman–Crippen LogP) is 1.34. The minimum absolute atomic E-state index is 0.0518. The zero-order chi connectivity index (χ0) is 28.6. The molecule has 212 valence electrons. The molecule has 2 rings (SSSR count). The van der Waals surface area contributed by atoms with Crippen molar-refractivity contribution >= 4 is 60.7 Å². The van der Waals surface area contributed by atoms with E-state index in [1.54, 1.807) is 6.07 Å². The van der Waals surface area contributed by atoms with Crippen LogP contribution in [0.15, 0.2) is 35.0 Å². The minimum Gasteiger partial charge on any atom is -0.508 e. The normalized spacial score (nSPS) is 12.3. The van der Waals surface area contributed by atoms with Crippen LogP contribution in [-0.4, -0.2) is 70.1 Å². The fraction of sp³-hybridized carbons (Fsp3) is 0.500. The van der Waals surface area contributed by atoms with Crippen molar-refractivity contribution in [3.8, 4) is 0 Å². The molecule has 2 aromatic rings. The van der Waals surface area contributed by atoms with Crippen LogP contribution in [-0.2, 0) is 36.7 Å². The number of amides is 2. The molecule has 2 amide bonds. The molecule has 0 saturated heterocycles. The van der Waals surface area contributed by atoms with E-state index in [1.807, 2.05) is 29.0 Å². The van der Waals surface area contributed by atoms with Gasteiger partial charge >= 0.3 is 20.2 Å². The number of carboxylic acids is 1. The molecule has 6 N–H and O–H groups in total. The highest BCUT2D eigenvalue weighted by Gasteiger charge is 2.32. The van der Waals surface area contributed by atoms with Gasteiger partial charge in [0.2, 0.25) is 11.8 Å². The number of rotatable bonds is 19. The van der Waals surface area contributed by atoms with E-state index in [1.165, 1.54) is 22.7 Å². The lowest BCUT2D eigenvalue weighted by Crippen LogP contribution is -2.49. The van der Waals surface area contributed by atoms with Crippen LogP contribution in [0.25, 0.3) is 0 Å². The van der Waals surface area contributed by atoms with Gasteiger partial charge in [0.15, 0.2) is 0 Å². The predicted molar refractivity (Wildman–Crippen MR) is 149 cm³/mol. The third kappa shape index (κ3) is 13.8. The second kappa shape index (κ2) is 17.8. The maximum absolute atomic E-state index is 12.4. The first-order valence-electron chi connectivity index (χ1n) is 12.7. The smallest absolute Gasteiger partial charge is 0.508 e. The minimum atomic E-state index is -1.76. The Morgan fingerprint density at radius 2 is 1.31 bits per heavy atom. The number of nitrogens with one attached hydrogen (secondary N) is 2. The molecule has 2 unspecified atom stereocenters. The number of carbonyl (C=O) groups is 4. The van der Waals surface area contributed by atoms with Crippen LogP contribution in [0.1, 0.15) is 61.1 Å². The van der Waals surface area contributed by atoms with Gasteiger partial charge in [-0.25, -0.2) is 0 Å². The average molecular weight is 580 g/mol. The van der Waals surface area contributed by atoms with E-state index in [0.717, 1.165) is 9.75 Å². The summed E-state index contributed by atoms with van der Waals surface area (Å²) < 4.78 is 5.13. The maximum atomic E-state index is 12.4. The molecular formula is C24H34B2N2O9S2. The first-order chi connectivity index (χ1) is 18.6. The van der Waals surface area contributed by atoms with Gasteiger partial charge in [-0.1, -0.05) is 25.0 Å². The molecule has 0 spiro atoms. The zero-order valence-corrected chi connectivity index (χ0v) is 23.1. The summed E-state index contributed by atoms with van der Waals surface area (Å²) in [6.07, 6.45) is 1.98. The molecule has 0 aromatic carbocycles. The lowest BCUT2D eigenvalue weighted by atomic mass is 9.75. The van der Waals surface area contributed by atoms with E-state index in [4.69, 9.17) is 9.76 Å². The van der Waals surface area contributed by atoms with Crippen molar-refractivity contribution in [1.82, 2.24) is 10.6 Å². The van der Waals surface area contributed by atoms with Crippen molar-refractivity contribution in [1.29, 1.82) is 0 Å². The van der Waals surface area contributed by atoms with Gasteiger partial charge in [0.1, 0.15) is 0 Å². The molecule has 0 radical (unpaired) electrons. The first kappa shape index (κ1) is 32.5. The molecule has 0 fully saturated rings. The number of hydrogen-bond donors (Lipinski definition) is 6. The van der Waals surface area contributed by atoms with Crippen LogP contribution in [0.3, 0.4) is 0 Å². The number of unbranched alkanes of at least 4 members (excludes halogenated alkanes) is 2. The Balaban J connectivity index is 1.77. The van der Waals surface area contributed by atoms with Crippen molar-refractivity contribution in [2.45, 2.75) is 76.1 Å². The Morgan fingerprint density at radius 1 is 0.795 bits per heavy atom. The Kier molecular flexibility index (Phi) is 14.8. The molecule has 0 saturated carbocycles. The maximum Gasteiger partial charge on any atom is 0.548 e. The first-order valence-corrected chi connectivity index (χ1v) is 14.5. The van der Waals surface area contributed by atoms with Crippen LogP contribution in [0, 0.1) is 0 Å². The highest BCUT2D eigenvalue weighted by Crippen LogP contribution is 2.13. The molecule has 2 aromatic heterocycles. The van der Waals surface area contributed by atoms with Crippen molar-refractivity contribution in [2.75, 3.05) is 0 Å². The molecule has 0 aliphatic carbocycles. The molecule has 15 heteroatoms. The van der Waals surface area contributed by atoms with Gasteiger partial charge < -0.3 is 35.5 Å². The van der Waals surface area contributed by atoms with Gasteiger partial charge in [0.05, 0.1) is 24.7 Å². The lowest BCUT2D eigenvalue weighted by molar-refractivity contribution is -0.137. The molecule has 0 bridgehead atoms. The van der Waals surface area contributed by atoms with Crippen molar-refractivity contribution < 1.29 is 44.0 Å². The van der Waals surface area contributed by atoms with E-state index >= 15 is 0 Å². The SMILES string of the molecule is O=C(O)CCCCC(NC(=O)Cc1cccs1)B(O)OC(=O)CCCCC(NC(=O)Cc1cccs1)B(O)O. The van der Waals surface area contributed by atoms with E-state index in [-0.39, 0.29) is 50.3 Å². The Hall–Kier alpha value is -2.71. The number of aliphatic carboxylic acids is 1. The van der Waals surface area contributed by atoms with Gasteiger partial charge in [-0.3, -0.25) is 19.2 Å². The third-order valence-electron chi connectivity index (χ3n) is 5.78. The molecule has 0 aliphatic rings. The molecule has 11 nitrogen and oxygen atoms in total. The van der Waals surface area contributed by atoms with E-state index < -0.39 is 38.1 Å². The third-order valence-corrected chi connectivity index (χ3v) is 7.53.